The molecule has 2 rings (SSSR count). The molecule has 0 bridgehead atoms. The second-order valence-electron chi connectivity index (χ2n) is 3.25. The average Bonchev–Trinajstić information content (AvgIpc) is 2.87. The van der Waals surface area contributed by atoms with Crippen molar-refractivity contribution in [3.8, 4) is 0 Å². The maximum Gasteiger partial charge on any atom is 0.225 e. The molecule has 0 aliphatic rings. The van der Waals surface area contributed by atoms with Gasteiger partial charge in [0.2, 0.25) is 5.91 Å². The lowest BCUT2D eigenvalue weighted by Crippen LogP contribution is -2.24. The molecule has 0 aliphatic heterocycles. The number of nitrogens with one attached hydrogen (secondary N) is 1. The van der Waals surface area contributed by atoms with Crippen LogP contribution in [0, 0.1) is 6.92 Å². The van der Waals surface area contributed by atoms with E-state index in [1.54, 1.807) is 11.3 Å². The average molecular weight is 253 g/mol. The summed E-state index contributed by atoms with van der Waals surface area (Å²) in [7, 11) is 0. The van der Waals surface area contributed by atoms with E-state index in [1.807, 2.05) is 24.4 Å². The van der Waals surface area contributed by atoms with E-state index in [2.05, 4.69) is 15.5 Å². The van der Waals surface area contributed by atoms with Crippen molar-refractivity contribution in [2.24, 2.45) is 0 Å². The summed E-state index contributed by atoms with van der Waals surface area (Å²) in [6, 6.07) is 3.90. The van der Waals surface area contributed by atoms with Gasteiger partial charge in [-0.2, -0.15) is 0 Å². The zero-order valence-corrected chi connectivity index (χ0v) is 10.4. The largest absolute Gasteiger partial charge is 0.349 e. The SMILES string of the molecule is Cc1nnc(CNC(=O)Cc2cccs2)s1. The van der Waals surface area contributed by atoms with E-state index in [0.717, 1.165) is 14.9 Å². The van der Waals surface area contributed by atoms with Gasteiger partial charge in [-0.25, -0.2) is 0 Å². The van der Waals surface area contributed by atoms with Gasteiger partial charge >= 0.3 is 0 Å². The molecule has 0 aliphatic carbocycles. The van der Waals surface area contributed by atoms with Crippen LogP contribution in [-0.4, -0.2) is 16.1 Å². The van der Waals surface area contributed by atoms with Crippen molar-refractivity contribution in [3.05, 3.63) is 32.4 Å². The highest BCUT2D eigenvalue weighted by Gasteiger charge is 2.05. The van der Waals surface area contributed by atoms with Crippen LogP contribution >= 0.6 is 22.7 Å². The van der Waals surface area contributed by atoms with Gasteiger partial charge in [0, 0.05) is 4.88 Å². The molecule has 0 fully saturated rings. The minimum absolute atomic E-state index is 0.0234. The summed E-state index contributed by atoms with van der Waals surface area (Å²) in [5, 5.41) is 14.4. The topological polar surface area (TPSA) is 54.9 Å². The number of nitrogens with zero attached hydrogens (tertiary/aromatic N) is 2. The summed E-state index contributed by atoms with van der Waals surface area (Å²) in [6.45, 7) is 2.37. The van der Waals surface area contributed by atoms with Crippen molar-refractivity contribution in [2.45, 2.75) is 19.9 Å². The maximum atomic E-state index is 11.5. The molecule has 6 heteroatoms. The van der Waals surface area contributed by atoms with Gasteiger partial charge in [0.25, 0.3) is 0 Å². The molecule has 2 aromatic rings. The molecule has 0 saturated carbocycles. The molecule has 1 amide bonds. The zero-order valence-electron chi connectivity index (χ0n) is 8.77. The number of carbonyl (C=O) groups is 1. The summed E-state index contributed by atoms with van der Waals surface area (Å²) in [6.07, 6.45) is 0.440. The third-order valence-electron chi connectivity index (χ3n) is 1.92. The molecule has 2 heterocycles. The minimum atomic E-state index is 0.0234. The summed E-state index contributed by atoms with van der Waals surface area (Å²) in [5.74, 6) is 0.0234. The molecule has 0 atom stereocenters. The number of rotatable bonds is 4. The van der Waals surface area contributed by atoms with Gasteiger partial charge in [0.1, 0.15) is 10.0 Å². The molecule has 0 spiro atoms. The summed E-state index contributed by atoms with van der Waals surface area (Å²) in [5.41, 5.74) is 0. The monoisotopic (exact) mass is 253 g/mol. The lowest BCUT2D eigenvalue weighted by Gasteiger charge is -2.00. The van der Waals surface area contributed by atoms with Crippen LogP contribution in [0.5, 0.6) is 0 Å². The van der Waals surface area contributed by atoms with Crippen LogP contribution in [0.4, 0.5) is 0 Å². The van der Waals surface area contributed by atoms with E-state index in [9.17, 15) is 4.79 Å². The minimum Gasteiger partial charge on any atom is -0.349 e. The summed E-state index contributed by atoms with van der Waals surface area (Å²) >= 11 is 3.09. The molecular weight excluding hydrogens is 242 g/mol. The van der Waals surface area contributed by atoms with Gasteiger partial charge in [0.05, 0.1) is 13.0 Å². The fourth-order valence-electron chi connectivity index (χ4n) is 1.22. The molecule has 0 radical (unpaired) electrons. The smallest absolute Gasteiger partial charge is 0.225 e. The molecule has 4 nitrogen and oxygen atoms in total. The first-order valence-corrected chi connectivity index (χ1v) is 6.52. The maximum absolute atomic E-state index is 11.5. The van der Waals surface area contributed by atoms with Crippen LogP contribution < -0.4 is 5.32 Å². The molecular formula is C10H11N3OS2. The van der Waals surface area contributed by atoms with Crippen LogP contribution in [0.2, 0.25) is 0 Å². The number of carbonyl (C=O) groups excluding carboxylic acids is 1. The summed E-state index contributed by atoms with van der Waals surface area (Å²) in [4.78, 5) is 12.6. The Morgan fingerprint density at radius 3 is 3.00 bits per heavy atom. The third-order valence-corrected chi connectivity index (χ3v) is 3.63. The molecule has 1 N–H and O–H groups in total. The summed E-state index contributed by atoms with van der Waals surface area (Å²) < 4.78 is 0. The van der Waals surface area contributed by atoms with Crippen LogP contribution in [0.15, 0.2) is 17.5 Å². The lowest BCUT2D eigenvalue weighted by atomic mass is 10.3. The van der Waals surface area contributed by atoms with E-state index in [4.69, 9.17) is 0 Å². The highest BCUT2D eigenvalue weighted by Crippen LogP contribution is 2.10. The van der Waals surface area contributed by atoms with E-state index in [1.165, 1.54) is 11.3 Å². The number of aryl methyl sites for hydroxylation is 1. The molecule has 0 saturated heterocycles. The highest BCUT2D eigenvalue weighted by atomic mass is 32.1. The quantitative estimate of drug-likeness (QED) is 0.903. The number of thiophene rings is 1. The van der Waals surface area contributed by atoms with Gasteiger partial charge in [-0.1, -0.05) is 17.4 Å². The van der Waals surface area contributed by atoms with Crippen LogP contribution in [0.1, 0.15) is 14.9 Å². The highest BCUT2D eigenvalue weighted by molar-refractivity contribution is 7.11. The predicted octanol–water partition coefficient (Wildman–Crippen LogP) is 1.77. The van der Waals surface area contributed by atoms with Crippen molar-refractivity contribution in [3.63, 3.8) is 0 Å². The van der Waals surface area contributed by atoms with Gasteiger partial charge in [0.15, 0.2) is 0 Å². The van der Waals surface area contributed by atoms with E-state index in [0.29, 0.717) is 13.0 Å². The van der Waals surface area contributed by atoms with E-state index < -0.39 is 0 Å². The Labute approximate surface area is 101 Å². The Morgan fingerprint density at radius 1 is 1.50 bits per heavy atom. The third kappa shape index (κ3) is 3.11. The zero-order chi connectivity index (χ0) is 11.4. The van der Waals surface area contributed by atoms with E-state index in [-0.39, 0.29) is 5.91 Å². The van der Waals surface area contributed by atoms with Crippen molar-refractivity contribution in [1.29, 1.82) is 0 Å². The molecule has 0 unspecified atom stereocenters. The Kier molecular flexibility index (Phi) is 3.63. The first kappa shape index (κ1) is 11.2. The first-order chi connectivity index (χ1) is 7.74. The van der Waals surface area contributed by atoms with E-state index >= 15 is 0 Å². The van der Waals surface area contributed by atoms with Crippen LogP contribution in [0.3, 0.4) is 0 Å². The molecule has 16 heavy (non-hydrogen) atoms. The van der Waals surface area contributed by atoms with Gasteiger partial charge in [-0.05, 0) is 18.4 Å². The molecule has 84 valence electrons. The standard InChI is InChI=1S/C10H11N3OS2/c1-7-12-13-10(16-7)6-11-9(14)5-8-3-2-4-15-8/h2-4H,5-6H2,1H3,(H,11,14). The van der Waals surface area contributed by atoms with Crippen molar-refractivity contribution in [1.82, 2.24) is 15.5 Å². The number of aromatic nitrogens is 2. The number of amides is 1. The van der Waals surface area contributed by atoms with Crippen LogP contribution in [0.25, 0.3) is 0 Å². The Balaban J connectivity index is 1.80. The fourth-order valence-corrected chi connectivity index (χ4v) is 2.57. The Hall–Kier alpha value is -1.27. The predicted molar refractivity (Wildman–Crippen MR) is 64.5 cm³/mol. The Bertz CT molecular complexity index is 464. The van der Waals surface area contributed by atoms with Gasteiger partial charge in [-0.15, -0.1) is 21.5 Å². The second-order valence-corrected chi connectivity index (χ2v) is 5.55. The first-order valence-electron chi connectivity index (χ1n) is 4.82. The van der Waals surface area contributed by atoms with Gasteiger partial charge in [-0.3, -0.25) is 4.79 Å². The molecule has 0 aromatic carbocycles. The van der Waals surface area contributed by atoms with Gasteiger partial charge < -0.3 is 5.32 Å². The van der Waals surface area contributed by atoms with Crippen molar-refractivity contribution >= 4 is 28.6 Å². The van der Waals surface area contributed by atoms with Crippen molar-refractivity contribution < 1.29 is 4.79 Å². The fraction of sp³-hybridized carbons (Fsp3) is 0.300. The number of hydrogen-bond donors (Lipinski definition) is 1. The normalized spacial score (nSPS) is 10.3. The van der Waals surface area contributed by atoms with Crippen LogP contribution in [-0.2, 0) is 17.8 Å². The lowest BCUT2D eigenvalue weighted by molar-refractivity contribution is -0.120. The number of hydrogen-bond acceptors (Lipinski definition) is 5. The molecule has 2 aromatic heterocycles. The second kappa shape index (κ2) is 5.18. The van der Waals surface area contributed by atoms with Crippen molar-refractivity contribution in [2.75, 3.05) is 0 Å². The Morgan fingerprint density at radius 2 is 2.38 bits per heavy atom.